The first-order valence-corrected chi connectivity index (χ1v) is 14.2. The predicted molar refractivity (Wildman–Crippen MR) is 170 cm³/mol. The Balaban J connectivity index is 1.21. The van der Waals surface area contributed by atoms with Gasteiger partial charge in [0, 0.05) is 38.4 Å². The Morgan fingerprint density at radius 1 is 0.467 bits per heavy atom. The van der Waals surface area contributed by atoms with Gasteiger partial charge in [0.1, 0.15) is 0 Å². The molecule has 4 amide bonds. The van der Waals surface area contributed by atoms with E-state index in [4.69, 9.17) is 0 Å². The number of hydrogen-bond acceptors (Lipinski definition) is 5. The second-order valence-electron chi connectivity index (χ2n) is 11.3. The van der Waals surface area contributed by atoms with Crippen LogP contribution in [0.5, 0.6) is 0 Å². The van der Waals surface area contributed by atoms with Crippen LogP contribution in [0.2, 0.25) is 0 Å². The summed E-state index contributed by atoms with van der Waals surface area (Å²) in [6.45, 7) is 0. The van der Waals surface area contributed by atoms with E-state index in [-0.39, 0.29) is 44.3 Å². The predicted octanol–water partition coefficient (Wildman–Crippen LogP) is 7.04. The Labute approximate surface area is 253 Å². The maximum Gasteiger partial charge on any atom is 0.335 e. The van der Waals surface area contributed by atoms with Crippen LogP contribution in [0.1, 0.15) is 51.8 Å². The number of anilines is 2. The zero-order valence-corrected chi connectivity index (χ0v) is 23.2. The van der Waals surface area contributed by atoms with Gasteiger partial charge in [-0.1, -0.05) is 48.5 Å². The van der Waals surface area contributed by atoms with Gasteiger partial charge in [0.25, 0.3) is 23.6 Å². The number of benzene rings is 7. The number of carbonyl (C=O) groups is 5. The zero-order chi connectivity index (χ0) is 30.7. The van der Waals surface area contributed by atoms with Crippen molar-refractivity contribution in [1.29, 1.82) is 0 Å². The second kappa shape index (κ2) is 8.58. The van der Waals surface area contributed by atoms with Crippen molar-refractivity contribution in [1.82, 2.24) is 0 Å². The topological polar surface area (TPSA) is 112 Å². The minimum absolute atomic E-state index is 0.0147. The highest BCUT2D eigenvalue weighted by atomic mass is 16.4. The fourth-order valence-electron chi connectivity index (χ4n) is 7.00. The summed E-state index contributed by atoms with van der Waals surface area (Å²) >= 11 is 0. The molecule has 0 spiro atoms. The van der Waals surface area contributed by atoms with Gasteiger partial charge in [0.15, 0.2) is 0 Å². The summed E-state index contributed by atoms with van der Waals surface area (Å²) in [4.78, 5) is 69.4. The van der Waals surface area contributed by atoms with Gasteiger partial charge < -0.3 is 5.11 Å². The number of carbonyl (C=O) groups excluding carboxylic acids is 4. The van der Waals surface area contributed by atoms with Crippen molar-refractivity contribution >= 4 is 84.1 Å². The summed E-state index contributed by atoms with van der Waals surface area (Å²) in [6.07, 6.45) is 0. The van der Waals surface area contributed by atoms with Gasteiger partial charge in [-0.05, 0) is 81.5 Å². The summed E-state index contributed by atoms with van der Waals surface area (Å²) in [7, 11) is 0. The molecule has 2 aliphatic rings. The number of rotatable bonds is 3. The molecule has 0 atom stereocenters. The van der Waals surface area contributed by atoms with Crippen LogP contribution in [0.15, 0.2) is 103 Å². The van der Waals surface area contributed by atoms with Crippen LogP contribution in [-0.4, -0.2) is 34.7 Å². The highest BCUT2D eigenvalue weighted by molar-refractivity contribution is 6.43. The Morgan fingerprint density at radius 3 is 1.47 bits per heavy atom. The Morgan fingerprint density at radius 2 is 0.933 bits per heavy atom. The average molecular weight is 587 g/mol. The van der Waals surface area contributed by atoms with Gasteiger partial charge in [-0.3, -0.25) is 19.2 Å². The maximum atomic E-state index is 14.2. The molecule has 7 aromatic rings. The van der Waals surface area contributed by atoms with Gasteiger partial charge in [0.2, 0.25) is 0 Å². The minimum Gasteiger partial charge on any atom is -0.478 e. The van der Waals surface area contributed by atoms with E-state index in [1.165, 1.54) is 53.4 Å². The van der Waals surface area contributed by atoms with Crippen molar-refractivity contribution < 1.29 is 29.1 Å². The number of nitrogens with zero attached hydrogens (tertiary/aromatic N) is 2. The molecule has 0 aromatic heterocycles. The Kier molecular flexibility index (Phi) is 4.79. The maximum absolute atomic E-state index is 14.2. The number of amides is 4. The van der Waals surface area contributed by atoms with E-state index in [0.717, 1.165) is 37.2 Å². The molecule has 0 saturated heterocycles. The first kappa shape index (κ1) is 25.1. The summed E-state index contributed by atoms with van der Waals surface area (Å²) in [5.74, 6) is -3.48. The number of hydrogen-bond donors (Lipinski definition) is 1. The molecule has 7 aromatic carbocycles. The molecule has 0 radical (unpaired) electrons. The SMILES string of the molecule is O=C(O)c1ccc(N2C(=O)c3ccc4c5c(ccc(c35)C2=O)C(=O)N(c2ccc3ccc5cccc6ccc2c3c56)C4=O)cc1. The summed E-state index contributed by atoms with van der Waals surface area (Å²) in [5, 5.41) is 15.7. The fraction of sp³-hybridized carbons (Fsp3) is 0. The minimum atomic E-state index is -1.13. The quantitative estimate of drug-likeness (QED) is 0.176. The van der Waals surface area contributed by atoms with Gasteiger partial charge in [0.05, 0.1) is 16.9 Å². The molecular weight excluding hydrogens is 568 g/mol. The highest BCUT2D eigenvalue weighted by Crippen LogP contribution is 2.43. The normalized spacial score (nSPS) is 14.5. The van der Waals surface area contributed by atoms with Crippen molar-refractivity contribution in [3.63, 3.8) is 0 Å². The highest BCUT2D eigenvalue weighted by Gasteiger charge is 2.41. The van der Waals surface area contributed by atoms with Crippen molar-refractivity contribution in [3.05, 3.63) is 131 Å². The lowest BCUT2D eigenvalue weighted by Crippen LogP contribution is -2.43. The summed E-state index contributed by atoms with van der Waals surface area (Å²) in [5.41, 5.74) is 1.46. The molecule has 1 N–H and O–H groups in total. The standard InChI is InChI=1S/C37H18N2O6/c40-33-24-13-15-26-32-27(16-14-25(31(24)32)34(41)38(33)22-10-6-21(7-11-22)37(44)45)36(43)39(35(26)42)28-17-9-20-5-4-18-2-1-3-19-8-12-23(28)30(20)29(18)19/h1-17H,(H,44,45). The van der Waals surface area contributed by atoms with Gasteiger partial charge in [-0.15, -0.1) is 0 Å². The molecule has 2 heterocycles. The number of aromatic carboxylic acids is 1. The molecule has 2 aliphatic heterocycles. The van der Waals surface area contributed by atoms with Crippen molar-refractivity contribution in [2.75, 3.05) is 9.80 Å². The van der Waals surface area contributed by atoms with E-state index >= 15 is 0 Å². The van der Waals surface area contributed by atoms with E-state index in [2.05, 4.69) is 6.07 Å². The van der Waals surface area contributed by atoms with Crippen LogP contribution >= 0.6 is 0 Å². The molecule has 45 heavy (non-hydrogen) atoms. The number of imide groups is 2. The smallest absolute Gasteiger partial charge is 0.335 e. The lowest BCUT2D eigenvalue weighted by molar-refractivity contribution is 0.0695. The van der Waals surface area contributed by atoms with Crippen LogP contribution in [0.25, 0.3) is 43.1 Å². The molecule has 212 valence electrons. The monoisotopic (exact) mass is 586 g/mol. The van der Waals surface area contributed by atoms with Crippen LogP contribution in [-0.2, 0) is 0 Å². The molecule has 0 fully saturated rings. The van der Waals surface area contributed by atoms with Gasteiger partial charge in [-0.25, -0.2) is 14.6 Å². The third-order valence-electron chi connectivity index (χ3n) is 9.01. The molecule has 8 heteroatoms. The van der Waals surface area contributed by atoms with Crippen LogP contribution in [0.4, 0.5) is 11.4 Å². The van der Waals surface area contributed by atoms with E-state index in [9.17, 15) is 29.1 Å². The fourth-order valence-corrected chi connectivity index (χ4v) is 7.00. The largest absolute Gasteiger partial charge is 0.478 e. The second-order valence-corrected chi connectivity index (χ2v) is 11.3. The number of carboxylic acids is 1. The van der Waals surface area contributed by atoms with Gasteiger partial charge in [-0.2, -0.15) is 0 Å². The molecule has 0 saturated carbocycles. The van der Waals surface area contributed by atoms with Crippen LogP contribution in [0, 0.1) is 0 Å². The Hall–Kier alpha value is -6.41. The van der Waals surface area contributed by atoms with Crippen LogP contribution in [0.3, 0.4) is 0 Å². The Bertz CT molecular complexity index is 2460. The molecule has 0 bridgehead atoms. The molecule has 8 nitrogen and oxygen atoms in total. The first-order chi connectivity index (χ1) is 21.8. The van der Waals surface area contributed by atoms with E-state index in [0.29, 0.717) is 5.69 Å². The van der Waals surface area contributed by atoms with Gasteiger partial charge >= 0.3 is 5.97 Å². The summed E-state index contributed by atoms with van der Waals surface area (Å²) < 4.78 is 0. The number of carboxylic acid groups (broad SMARTS) is 1. The molecule has 0 unspecified atom stereocenters. The third-order valence-corrected chi connectivity index (χ3v) is 9.01. The lowest BCUT2D eigenvalue weighted by Gasteiger charge is -2.32. The summed E-state index contributed by atoms with van der Waals surface area (Å²) in [6, 6.07) is 29.3. The molecule has 9 rings (SSSR count). The van der Waals surface area contributed by atoms with Crippen LogP contribution < -0.4 is 9.80 Å². The van der Waals surface area contributed by atoms with Crippen molar-refractivity contribution in [2.24, 2.45) is 0 Å². The first-order valence-electron chi connectivity index (χ1n) is 14.2. The van der Waals surface area contributed by atoms with E-state index in [1.54, 1.807) is 6.07 Å². The lowest BCUT2D eigenvalue weighted by atomic mass is 9.85. The third kappa shape index (κ3) is 3.17. The molecular formula is C37H18N2O6. The van der Waals surface area contributed by atoms with E-state index < -0.39 is 29.6 Å². The van der Waals surface area contributed by atoms with Crippen molar-refractivity contribution in [2.45, 2.75) is 0 Å². The van der Waals surface area contributed by atoms with E-state index in [1.807, 2.05) is 42.5 Å². The zero-order valence-electron chi connectivity index (χ0n) is 23.2. The van der Waals surface area contributed by atoms with Crippen molar-refractivity contribution in [3.8, 4) is 0 Å². The molecule has 0 aliphatic carbocycles. The average Bonchev–Trinajstić information content (AvgIpc) is 3.06.